The molecule has 2 fully saturated rings. The van der Waals surface area contributed by atoms with Crippen LogP contribution in [0.1, 0.15) is 53.5 Å². The first-order valence-electron chi connectivity index (χ1n) is 16.0. The number of non-ortho nitro benzene ring substituents is 1. The Morgan fingerprint density at radius 1 is 0.981 bits per heavy atom. The van der Waals surface area contributed by atoms with E-state index in [0.717, 1.165) is 68.7 Å². The second-order valence-electron chi connectivity index (χ2n) is 12.8. The summed E-state index contributed by atoms with van der Waals surface area (Å²) >= 11 is 0. The van der Waals surface area contributed by atoms with Crippen LogP contribution in [-0.2, 0) is 73.6 Å². The predicted octanol–water partition coefficient (Wildman–Crippen LogP) is -0.504. The van der Waals surface area contributed by atoms with Crippen LogP contribution in [-0.4, -0.2) is 125 Å². The number of nitrogens with zero attached hydrogens (tertiary/aromatic N) is 5. The van der Waals surface area contributed by atoms with Crippen LogP contribution in [0.15, 0.2) is 35.4 Å². The van der Waals surface area contributed by atoms with Gasteiger partial charge in [0.1, 0.15) is 23.8 Å². The normalized spacial score (nSPS) is 24.1. The van der Waals surface area contributed by atoms with Crippen LogP contribution in [0.5, 0.6) is 0 Å². The van der Waals surface area contributed by atoms with Crippen LogP contribution in [0.4, 0.5) is 5.69 Å². The Labute approximate surface area is 307 Å². The summed E-state index contributed by atoms with van der Waals surface area (Å²) in [6, 6.07) is 3.90. The van der Waals surface area contributed by atoms with E-state index >= 15 is 0 Å². The molecule has 2 aliphatic rings. The van der Waals surface area contributed by atoms with Gasteiger partial charge < -0.3 is 33.3 Å². The first-order chi connectivity index (χ1) is 25.1. The quantitative estimate of drug-likeness (QED) is 0.0830. The molecule has 22 nitrogen and oxygen atoms in total. The van der Waals surface area contributed by atoms with Gasteiger partial charge in [0, 0.05) is 46.2 Å². The second-order valence-corrected chi connectivity index (χ2v) is 14.5. The first kappa shape index (κ1) is 41.2. The fraction of sp³-hybridized carbons (Fsp3) is 0.548. The van der Waals surface area contributed by atoms with E-state index in [1.807, 2.05) is 0 Å². The van der Waals surface area contributed by atoms with Gasteiger partial charge in [0.25, 0.3) is 5.69 Å². The van der Waals surface area contributed by atoms with E-state index in [0.29, 0.717) is 0 Å². The van der Waals surface area contributed by atoms with Crippen LogP contribution in [0.3, 0.4) is 0 Å². The number of likely N-dealkylation sites (tertiary alicyclic amines) is 1. The van der Waals surface area contributed by atoms with Crippen molar-refractivity contribution in [3.05, 3.63) is 46.3 Å². The molecular weight excluding hydrogens is 744 g/mol. The number of rotatable bonds is 14. The third kappa shape index (κ3) is 8.80. The number of aromatic nitrogens is 3. The van der Waals surface area contributed by atoms with Gasteiger partial charge in [-0.1, -0.05) is 5.21 Å². The molecule has 0 saturated carbocycles. The number of hydrogen-bond acceptors (Lipinski definition) is 18. The number of nitro groups is 1. The Morgan fingerprint density at radius 3 is 2.07 bits per heavy atom. The predicted molar refractivity (Wildman–Crippen MR) is 175 cm³/mol. The summed E-state index contributed by atoms with van der Waals surface area (Å²) in [7, 11) is -3.45. The standard InChI is InChI=1S/C31H38N6O16S/c1-16(38)49-14-23-24(50-17(2)39)25(51-18(3)40)26(52-19(4)41)27(53-23)36-13-20(32-34-36)12-31(15-35(28(31)42)30(5,6)29(43)48-7)33-54(46,47)22-10-8-21(9-11-22)37(44)45/h8-11,13,23-27,33H,12,14-15H2,1-7H3/t23-,24-,25+,26+,27+,31-/m1/s1. The molecule has 0 spiro atoms. The Hall–Kier alpha value is -5.55. The van der Waals surface area contributed by atoms with Gasteiger partial charge in [-0.05, 0) is 26.0 Å². The molecule has 1 aromatic carbocycles. The maximum atomic E-state index is 14.0. The SMILES string of the molecule is COC(=O)C(C)(C)N1C[C@@](Cc2cn([C@H]3O[C@H](COC(C)=O)[C@@H](OC(C)=O)[C@H](OC(C)=O)[C@@H]3OC(C)=O)nn2)(NS(=O)(=O)c2ccc([N+](=O)[O-])cc2)C1=O. The van der Waals surface area contributed by atoms with Crippen molar-refractivity contribution in [2.75, 3.05) is 20.3 Å². The number of sulfonamides is 1. The summed E-state index contributed by atoms with van der Waals surface area (Å²) < 4.78 is 62.9. The molecule has 6 atom stereocenters. The number of benzene rings is 1. The molecule has 0 bridgehead atoms. The molecule has 23 heteroatoms. The number of amides is 1. The van der Waals surface area contributed by atoms with Crippen molar-refractivity contribution >= 4 is 51.5 Å². The van der Waals surface area contributed by atoms with Gasteiger partial charge in [-0.15, -0.1) is 5.10 Å². The molecule has 3 heterocycles. The Morgan fingerprint density at radius 2 is 1.56 bits per heavy atom. The lowest BCUT2D eigenvalue weighted by atomic mass is 9.81. The Balaban J connectivity index is 1.75. The van der Waals surface area contributed by atoms with Gasteiger partial charge in [0.15, 0.2) is 24.5 Å². The molecule has 2 aliphatic heterocycles. The zero-order valence-electron chi connectivity index (χ0n) is 30.1. The van der Waals surface area contributed by atoms with Crippen LogP contribution >= 0.6 is 0 Å². The molecule has 1 N–H and O–H groups in total. The smallest absolute Gasteiger partial charge is 0.331 e. The van der Waals surface area contributed by atoms with Gasteiger partial charge in [-0.3, -0.25) is 34.1 Å². The summed E-state index contributed by atoms with van der Waals surface area (Å²) in [5.74, 6) is -4.97. The minimum absolute atomic E-state index is 0.0434. The number of methoxy groups -OCH3 is 1. The zero-order valence-corrected chi connectivity index (χ0v) is 30.9. The number of carbonyl (C=O) groups is 6. The van der Waals surface area contributed by atoms with Crippen LogP contribution in [0.25, 0.3) is 0 Å². The van der Waals surface area contributed by atoms with Crippen molar-refractivity contribution in [1.29, 1.82) is 0 Å². The molecule has 0 radical (unpaired) electrons. The molecule has 294 valence electrons. The van der Waals surface area contributed by atoms with Crippen LogP contribution in [0.2, 0.25) is 0 Å². The fourth-order valence-corrected chi connectivity index (χ4v) is 7.29. The summed E-state index contributed by atoms with van der Waals surface area (Å²) in [6.07, 6.45) is -6.66. The van der Waals surface area contributed by atoms with E-state index in [1.54, 1.807) is 0 Å². The third-order valence-corrected chi connectivity index (χ3v) is 9.95. The van der Waals surface area contributed by atoms with Gasteiger partial charge in [0.2, 0.25) is 15.9 Å². The lowest BCUT2D eigenvalue weighted by Crippen LogP contribution is -2.79. The third-order valence-electron chi connectivity index (χ3n) is 8.40. The second kappa shape index (κ2) is 15.8. The van der Waals surface area contributed by atoms with Gasteiger partial charge in [-0.2, -0.15) is 4.72 Å². The number of carbonyl (C=O) groups excluding carboxylic acids is 6. The van der Waals surface area contributed by atoms with Crippen molar-refractivity contribution in [3.63, 3.8) is 0 Å². The number of esters is 5. The monoisotopic (exact) mass is 782 g/mol. The maximum Gasteiger partial charge on any atom is 0.331 e. The van der Waals surface area contributed by atoms with Crippen LogP contribution in [0, 0.1) is 10.1 Å². The zero-order chi connectivity index (χ0) is 40.3. The molecule has 2 aromatic rings. The summed E-state index contributed by atoms with van der Waals surface area (Å²) in [4.78, 5) is 85.9. The average molecular weight is 783 g/mol. The minimum Gasteiger partial charge on any atom is -0.467 e. The lowest BCUT2D eigenvalue weighted by molar-refractivity contribution is -0.384. The van der Waals surface area contributed by atoms with Gasteiger partial charge in [-0.25, -0.2) is 17.9 Å². The molecule has 1 amide bonds. The molecule has 0 unspecified atom stereocenters. The Kier molecular flexibility index (Phi) is 12.1. The molecule has 2 saturated heterocycles. The summed E-state index contributed by atoms with van der Waals surface area (Å²) in [5, 5.41) is 19.2. The van der Waals surface area contributed by atoms with E-state index < -0.39 is 110 Å². The number of β-lactam (4-membered cyclic amide) rings is 1. The average Bonchev–Trinajstić information content (AvgIpc) is 3.54. The lowest BCUT2D eigenvalue weighted by Gasteiger charge is -2.53. The van der Waals surface area contributed by atoms with Crippen molar-refractivity contribution < 1.29 is 70.5 Å². The Bertz CT molecular complexity index is 1930. The molecular formula is C31H38N6O16S. The highest BCUT2D eigenvalue weighted by atomic mass is 32.2. The highest BCUT2D eigenvalue weighted by Gasteiger charge is 2.61. The number of hydrogen-bond donors (Lipinski definition) is 1. The largest absolute Gasteiger partial charge is 0.467 e. The van der Waals surface area contributed by atoms with E-state index in [-0.39, 0.29) is 17.9 Å². The molecule has 4 rings (SSSR count). The molecule has 0 aliphatic carbocycles. The van der Waals surface area contributed by atoms with Crippen molar-refractivity contribution in [1.82, 2.24) is 24.6 Å². The number of ether oxygens (including phenoxy) is 6. The van der Waals surface area contributed by atoms with Crippen molar-refractivity contribution in [2.45, 2.75) is 94.6 Å². The van der Waals surface area contributed by atoms with Crippen molar-refractivity contribution in [2.24, 2.45) is 0 Å². The number of nitro benzene ring substituents is 1. The summed E-state index contributed by atoms with van der Waals surface area (Å²) in [6.45, 7) is 6.15. The van der Waals surface area contributed by atoms with E-state index in [2.05, 4.69) is 15.0 Å². The van der Waals surface area contributed by atoms with Gasteiger partial charge in [0.05, 0.1) is 35.4 Å². The van der Waals surface area contributed by atoms with E-state index in [1.165, 1.54) is 20.0 Å². The number of nitrogens with one attached hydrogen (secondary N) is 1. The van der Waals surface area contributed by atoms with E-state index in [4.69, 9.17) is 28.4 Å². The summed E-state index contributed by atoms with van der Waals surface area (Å²) in [5.41, 5.74) is -3.96. The molecule has 1 aromatic heterocycles. The highest BCUT2D eigenvalue weighted by Crippen LogP contribution is 2.37. The van der Waals surface area contributed by atoms with Crippen LogP contribution < -0.4 is 4.72 Å². The first-order valence-corrected chi connectivity index (χ1v) is 17.5. The van der Waals surface area contributed by atoms with Crippen molar-refractivity contribution in [3.8, 4) is 0 Å². The fourth-order valence-electron chi connectivity index (χ4n) is 5.94. The van der Waals surface area contributed by atoms with Gasteiger partial charge >= 0.3 is 29.8 Å². The van der Waals surface area contributed by atoms with E-state index in [9.17, 15) is 47.3 Å². The maximum absolute atomic E-state index is 14.0. The minimum atomic E-state index is -4.57. The highest BCUT2D eigenvalue weighted by molar-refractivity contribution is 7.89. The molecule has 54 heavy (non-hydrogen) atoms. The topological polar surface area (TPSA) is 281 Å².